The molecule has 1 fully saturated rings. The molecular weight excluding hydrogens is 274 g/mol. The summed E-state index contributed by atoms with van der Waals surface area (Å²) in [6.45, 7) is 2.15. The molecule has 1 aromatic carbocycles. The maximum Gasteiger partial charge on any atom is 0.262 e. The van der Waals surface area contributed by atoms with Crippen LogP contribution in [-0.2, 0) is 14.4 Å². The molecule has 0 aromatic heterocycles. The van der Waals surface area contributed by atoms with Gasteiger partial charge in [0.15, 0.2) is 6.61 Å². The summed E-state index contributed by atoms with van der Waals surface area (Å²) in [5.74, 6) is -0.0248. The minimum absolute atomic E-state index is 0.000841. The molecule has 0 spiro atoms. The van der Waals surface area contributed by atoms with Crippen molar-refractivity contribution in [2.24, 2.45) is 0 Å². The Bertz CT molecular complexity index is 629. The Kier molecular flexibility index (Phi) is 3.25. The predicted molar refractivity (Wildman–Crippen MR) is 75.0 cm³/mol. The van der Waals surface area contributed by atoms with Gasteiger partial charge in [0.1, 0.15) is 11.8 Å². The van der Waals surface area contributed by atoms with Gasteiger partial charge in [-0.3, -0.25) is 19.3 Å². The molecule has 2 aliphatic rings. The Labute approximate surface area is 121 Å². The van der Waals surface area contributed by atoms with E-state index in [1.807, 2.05) is 0 Å². The number of carbonyl (C=O) groups excluding carboxylic acids is 3. The molecule has 0 bridgehead atoms. The van der Waals surface area contributed by atoms with Gasteiger partial charge in [0.2, 0.25) is 5.91 Å². The molecular formula is C14H15N3O4. The zero-order valence-corrected chi connectivity index (χ0v) is 11.5. The number of fused-ring (bicyclic) bond motifs is 1. The van der Waals surface area contributed by atoms with Crippen LogP contribution in [0.5, 0.6) is 5.75 Å². The van der Waals surface area contributed by atoms with Crippen LogP contribution in [0, 0.1) is 0 Å². The van der Waals surface area contributed by atoms with Gasteiger partial charge < -0.3 is 15.4 Å². The number of amides is 3. The number of carbonyl (C=O) groups is 3. The Morgan fingerprint density at radius 1 is 1.38 bits per heavy atom. The number of rotatable bonds is 3. The van der Waals surface area contributed by atoms with Gasteiger partial charge >= 0.3 is 0 Å². The fraction of sp³-hybridized carbons (Fsp3) is 0.357. The van der Waals surface area contributed by atoms with E-state index in [4.69, 9.17) is 4.74 Å². The van der Waals surface area contributed by atoms with Gasteiger partial charge in [-0.1, -0.05) is 0 Å². The summed E-state index contributed by atoms with van der Waals surface area (Å²) in [6, 6.07) is 4.60. The first-order chi connectivity index (χ1) is 10.1. The highest BCUT2D eigenvalue weighted by molar-refractivity contribution is 6.07. The Morgan fingerprint density at radius 3 is 2.90 bits per heavy atom. The number of hydrogen-bond donors (Lipinski definition) is 2. The van der Waals surface area contributed by atoms with Crippen LogP contribution in [0.15, 0.2) is 18.2 Å². The Morgan fingerprint density at radius 2 is 2.19 bits per heavy atom. The SMILES string of the molecule is CCN1C(=O)C[C@@H](Nc2ccc3c(c2)NC(=O)CO3)C1=O. The number of hydrogen-bond acceptors (Lipinski definition) is 5. The molecule has 2 heterocycles. The molecule has 2 aliphatic heterocycles. The molecule has 1 saturated heterocycles. The van der Waals surface area contributed by atoms with Crippen LogP contribution >= 0.6 is 0 Å². The van der Waals surface area contributed by atoms with Crippen molar-refractivity contribution in [3.8, 4) is 5.75 Å². The number of nitrogens with one attached hydrogen (secondary N) is 2. The number of benzene rings is 1. The van der Waals surface area contributed by atoms with Crippen molar-refractivity contribution in [3.63, 3.8) is 0 Å². The fourth-order valence-electron chi connectivity index (χ4n) is 2.50. The number of anilines is 2. The first-order valence-corrected chi connectivity index (χ1v) is 6.76. The molecule has 0 saturated carbocycles. The van der Waals surface area contributed by atoms with E-state index in [9.17, 15) is 14.4 Å². The Balaban J connectivity index is 1.77. The van der Waals surface area contributed by atoms with Crippen LogP contribution in [0.25, 0.3) is 0 Å². The van der Waals surface area contributed by atoms with E-state index in [0.29, 0.717) is 23.7 Å². The average molecular weight is 289 g/mol. The van der Waals surface area contributed by atoms with E-state index in [2.05, 4.69) is 10.6 Å². The summed E-state index contributed by atoms with van der Waals surface area (Å²) in [4.78, 5) is 36.3. The average Bonchev–Trinajstić information content (AvgIpc) is 2.72. The first-order valence-electron chi connectivity index (χ1n) is 6.76. The lowest BCUT2D eigenvalue weighted by atomic mass is 10.2. The van der Waals surface area contributed by atoms with E-state index in [0.717, 1.165) is 0 Å². The quantitative estimate of drug-likeness (QED) is 0.795. The molecule has 3 amide bonds. The molecule has 1 aromatic rings. The molecule has 2 N–H and O–H groups in total. The second kappa shape index (κ2) is 5.08. The second-order valence-electron chi connectivity index (χ2n) is 4.93. The van der Waals surface area contributed by atoms with Crippen LogP contribution in [0.3, 0.4) is 0 Å². The lowest BCUT2D eigenvalue weighted by molar-refractivity contribution is -0.138. The molecule has 0 radical (unpaired) electrons. The summed E-state index contributed by atoms with van der Waals surface area (Å²) < 4.78 is 5.26. The Hall–Kier alpha value is -2.57. The number of ether oxygens (including phenoxy) is 1. The molecule has 21 heavy (non-hydrogen) atoms. The zero-order valence-electron chi connectivity index (χ0n) is 11.5. The molecule has 1 atom stereocenters. The predicted octanol–water partition coefficient (Wildman–Crippen LogP) is 0.577. The van der Waals surface area contributed by atoms with E-state index in [1.165, 1.54) is 4.90 Å². The van der Waals surface area contributed by atoms with Gasteiger partial charge in [0.25, 0.3) is 11.8 Å². The van der Waals surface area contributed by atoms with Gasteiger partial charge in [-0.2, -0.15) is 0 Å². The van der Waals surface area contributed by atoms with Crippen LogP contribution in [0.1, 0.15) is 13.3 Å². The normalized spacial score (nSPS) is 20.9. The third-order valence-electron chi connectivity index (χ3n) is 3.51. The summed E-state index contributed by atoms with van der Waals surface area (Å²) in [6.07, 6.45) is 0.145. The minimum Gasteiger partial charge on any atom is -0.482 e. The van der Waals surface area contributed by atoms with Gasteiger partial charge in [-0.25, -0.2) is 0 Å². The van der Waals surface area contributed by atoms with Crippen molar-refractivity contribution in [1.29, 1.82) is 0 Å². The third-order valence-corrected chi connectivity index (χ3v) is 3.51. The molecule has 0 aliphatic carbocycles. The highest BCUT2D eigenvalue weighted by Crippen LogP contribution is 2.31. The van der Waals surface area contributed by atoms with Crippen molar-refractivity contribution >= 4 is 29.1 Å². The monoisotopic (exact) mass is 289 g/mol. The lowest BCUT2D eigenvalue weighted by Crippen LogP contribution is -2.34. The van der Waals surface area contributed by atoms with E-state index < -0.39 is 6.04 Å². The van der Waals surface area contributed by atoms with E-state index >= 15 is 0 Å². The van der Waals surface area contributed by atoms with E-state index in [-0.39, 0.29) is 30.7 Å². The highest BCUT2D eigenvalue weighted by Gasteiger charge is 2.37. The summed E-state index contributed by atoms with van der Waals surface area (Å²) in [5.41, 5.74) is 1.21. The van der Waals surface area contributed by atoms with Crippen LogP contribution in [-0.4, -0.2) is 41.8 Å². The summed E-state index contributed by atoms with van der Waals surface area (Å²) in [5, 5.41) is 5.73. The molecule has 3 rings (SSSR count). The van der Waals surface area contributed by atoms with Gasteiger partial charge in [0.05, 0.1) is 12.1 Å². The number of likely N-dealkylation sites (N-methyl/N-ethyl adjacent to an activating group) is 1. The van der Waals surface area contributed by atoms with E-state index in [1.54, 1.807) is 25.1 Å². The lowest BCUT2D eigenvalue weighted by Gasteiger charge is -2.20. The van der Waals surface area contributed by atoms with Crippen LogP contribution in [0.4, 0.5) is 11.4 Å². The van der Waals surface area contributed by atoms with Gasteiger partial charge in [-0.05, 0) is 25.1 Å². The number of likely N-dealkylation sites (tertiary alicyclic amines) is 1. The maximum absolute atomic E-state index is 12.0. The molecule has 110 valence electrons. The zero-order chi connectivity index (χ0) is 15.0. The molecule has 7 heteroatoms. The largest absolute Gasteiger partial charge is 0.482 e. The standard InChI is InChI=1S/C14H15N3O4/c1-2-17-13(19)6-10(14(17)20)15-8-3-4-11-9(5-8)16-12(18)7-21-11/h3-5,10,15H,2,6-7H2,1H3,(H,16,18)/t10-/m1/s1. The molecule has 0 unspecified atom stereocenters. The summed E-state index contributed by atoms with van der Waals surface area (Å²) >= 11 is 0. The van der Waals surface area contributed by atoms with Crippen molar-refractivity contribution in [1.82, 2.24) is 4.90 Å². The van der Waals surface area contributed by atoms with Crippen molar-refractivity contribution in [2.45, 2.75) is 19.4 Å². The van der Waals surface area contributed by atoms with Crippen LogP contribution in [0.2, 0.25) is 0 Å². The molecule has 7 nitrogen and oxygen atoms in total. The van der Waals surface area contributed by atoms with Gasteiger partial charge in [-0.15, -0.1) is 0 Å². The summed E-state index contributed by atoms with van der Waals surface area (Å²) in [7, 11) is 0. The smallest absolute Gasteiger partial charge is 0.262 e. The van der Waals surface area contributed by atoms with Crippen molar-refractivity contribution < 1.29 is 19.1 Å². The minimum atomic E-state index is -0.560. The second-order valence-corrected chi connectivity index (χ2v) is 4.93. The van der Waals surface area contributed by atoms with Crippen molar-refractivity contribution in [2.75, 3.05) is 23.8 Å². The number of nitrogens with zero attached hydrogens (tertiary/aromatic N) is 1. The van der Waals surface area contributed by atoms with Crippen molar-refractivity contribution in [3.05, 3.63) is 18.2 Å². The maximum atomic E-state index is 12.0. The first kappa shape index (κ1) is 13.4. The number of imide groups is 1. The third kappa shape index (κ3) is 2.42. The highest BCUT2D eigenvalue weighted by atomic mass is 16.5. The van der Waals surface area contributed by atoms with Crippen LogP contribution < -0.4 is 15.4 Å². The van der Waals surface area contributed by atoms with Gasteiger partial charge in [0, 0.05) is 12.2 Å². The topological polar surface area (TPSA) is 87.7 Å². The fourth-order valence-corrected chi connectivity index (χ4v) is 2.50.